The van der Waals surface area contributed by atoms with Crippen LogP contribution in [-0.4, -0.2) is 41.7 Å². The van der Waals surface area contributed by atoms with Gasteiger partial charge in [-0.1, -0.05) is 37.6 Å². The van der Waals surface area contributed by atoms with Gasteiger partial charge < -0.3 is 10.3 Å². The molecular formula is C24H26N4O4S. The number of piperidine rings is 1. The van der Waals surface area contributed by atoms with E-state index < -0.39 is 15.9 Å². The Kier molecular flexibility index (Phi) is 6.71. The van der Waals surface area contributed by atoms with Gasteiger partial charge in [0.15, 0.2) is 0 Å². The van der Waals surface area contributed by atoms with Crippen molar-refractivity contribution in [3.63, 3.8) is 0 Å². The lowest BCUT2D eigenvalue weighted by Crippen LogP contribution is -2.36. The molecule has 0 spiro atoms. The van der Waals surface area contributed by atoms with E-state index in [1.54, 1.807) is 36.4 Å². The first-order valence-electron chi connectivity index (χ1n) is 11.0. The molecule has 0 bridgehead atoms. The molecule has 1 fully saturated rings. The Morgan fingerprint density at radius 1 is 1.06 bits per heavy atom. The molecule has 2 heterocycles. The SMILES string of the molecule is CCc1cc(=O)[nH]c(-c2cccc(NC(=O)c3ccccc3S(=O)(=O)N3CCCCC3)c2)n1. The Hall–Kier alpha value is -3.30. The van der Waals surface area contributed by atoms with Gasteiger partial charge in [0.25, 0.3) is 11.5 Å². The van der Waals surface area contributed by atoms with E-state index in [9.17, 15) is 18.0 Å². The van der Waals surface area contributed by atoms with Gasteiger partial charge >= 0.3 is 0 Å². The fourth-order valence-electron chi connectivity index (χ4n) is 3.89. The van der Waals surface area contributed by atoms with E-state index >= 15 is 0 Å². The first kappa shape index (κ1) is 22.9. The number of nitrogens with zero attached hydrogens (tertiary/aromatic N) is 2. The molecule has 0 aliphatic carbocycles. The maximum Gasteiger partial charge on any atom is 0.257 e. The maximum atomic E-state index is 13.2. The highest BCUT2D eigenvalue weighted by Gasteiger charge is 2.29. The van der Waals surface area contributed by atoms with Crippen molar-refractivity contribution in [3.8, 4) is 11.4 Å². The number of nitrogens with one attached hydrogen (secondary N) is 2. The standard InChI is InChI=1S/C24H26N4O4S/c1-2-18-16-22(29)27-23(25-18)17-9-8-10-19(15-17)26-24(30)20-11-4-5-12-21(20)33(31,32)28-13-6-3-7-14-28/h4-5,8-12,15-16H,2-3,6-7,13-14H2,1H3,(H,26,30)(H,25,27,29). The number of benzene rings is 2. The second-order valence-corrected chi connectivity index (χ2v) is 9.84. The third kappa shape index (κ3) is 5.04. The predicted octanol–water partition coefficient (Wildman–Crippen LogP) is 3.43. The number of carbonyl (C=O) groups is 1. The van der Waals surface area contributed by atoms with Crippen molar-refractivity contribution in [2.45, 2.75) is 37.5 Å². The Morgan fingerprint density at radius 2 is 1.82 bits per heavy atom. The Balaban J connectivity index is 1.62. The molecule has 33 heavy (non-hydrogen) atoms. The molecule has 0 unspecified atom stereocenters. The summed E-state index contributed by atoms with van der Waals surface area (Å²) in [5.74, 6) is -0.115. The third-order valence-corrected chi connectivity index (χ3v) is 7.57. The second kappa shape index (κ2) is 9.68. The average Bonchev–Trinajstić information content (AvgIpc) is 2.84. The second-order valence-electron chi connectivity index (χ2n) is 7.93. The fourth-order valence-corrected chi connectivity index (χ4v) is 5.60. The number of hydrogen-bond donors (Lipinski definition) is 2. The number of rotatable bonds is 6. The van der Waals surface area contributed by atoms with E-state index in [1.807, 2.05) is 6.92 Å². The number of aromatic nitrogens is 2. The molecule has 1 aliphatic rings. The number of H-pyrrole nitrogens is 1. The summed E-state index contributed by atoms with van der Waals surface area (Å²) in [5.41, 5.74) is 1.61. The molecule has 0 atom stereocenters. The topological polar surface area (TPSA) is 112 Å². The van der Waals surface area contributed by atoms with E-state index in [0.29, 0.717) is 42.3 Å². The van der Waals surface area contributed by atoms with Gasteiger partial charge in [-0.2, -0.15) is 4.31 Å². The minimum absolute atomic E-state index is 0.00204. The van der Waals surface area contributed by atoms with Crippen LogP contribution in [0.1, 0.15) is 42.2 Å². The van der Waals surface area contributed by atoms with Gasteiger partial charge in [0, 0.05) is 36.1 Å². The molecule has 2 aromatic carbocycles. The van der Waals surface area contributed by atoms with E-state index in [2.05, 4.69) is 15.3 Å². The van der Waals surface area contributed by atoms with Gasteiger partial charge in [0.05, 0.1) is 10.5 Å². The minimum atomic E-state index is -3.77. The Morgan fingerprint density at radius 3 is 2.58 bits per heavy atom. The van der Waals surface area contributed by atoms with Crippen molar-refractivity contribution in [2.75, 3.05) is 18.4 Å². The van der Waals surface area contributed by atoms with Crippen molar-refractivity contribution >= 4 is 21.6 Å². The van der Waals surface area contributed by atoms with Crippen molar-refractivity contribution < 1.29 is 13.2 Å². The number of aryl methyl sites for hydroxylation is 1. The normalized spacial score (nSPS) is 14.7. The molecule has 1 aromatic heterocycles. The third-order valence-electron chi connectivity index (χ3n) is 5.62. The van der Waals surface area contributed by atoms with Crippen LogP contribution in [-0.2, 0) is 16.4 Å². The molecule has 0 saturated carbocycles. The number of amides is 1. The summed E-state index contributed by atoms with van der Waals surface area (Å²) in [7, 11) is -3.77. The number of hydrogen-bond acceptors (Lipinski definition) is 5. The highest BCUT2D eigenvalue weighted by molar-refractivity contribution is 7.89. The largest absolute Gasteiger partial charge is 0.322 e. The number of anilines is 1. The van der Waals surface area contributed by atoms with Crippen LogP contribution < -0.4 is 10.9 Å². The summed E-state index contributed by atoms with van der Waals surface area (Å²) in [4.78, 5) is 32.2. The van der Waals surface area contributed by atoms with Crippen LogP contribution in [0, 0.1) is 0 Å². The summed E-state index contributed by atoms with van der Waals surface area (Å²) in [5, 5.41) is 2.79. The fraction of sp³-hybridized carbons (Fsp3) is 0.292. The van der Waals surface area contributed by atoms with Crippen molar-refractivity contribution in [1.29, 1.82) is 0 Å². The quantitative estimate of drug-likeness (QED) is 0.578. The first-order chi connectivity index (χ1) is 15.9. The van der Waals surface area contributed by atoms with Gasteiger partial charge in [0.1, 0.15) is 5.82 Å². The van der Waals surface area contributed by atoms with E-state index in [-0.39, 0.29) is 16.0 Å². The van der Waals surface area contributed by atoms with Crippen LogP contribution in [0.25, 0.3) is 11.4 Å². The number of aromatic amines is 1. The van der Waals surface area contributed by atoms with Crippen molar-refractivity contribution in [1.82, 2.24) is 14.3 Å². The van der Waals surface area contributed by atoms with Gasteiger partial charge in [0.2, 0.25) is 10.0 Å². The molecular weight excluding hydrogens is 440 g/mol. The Bertz CT molecular complexity index is 1330. The van der Waals surface area contributed by atoms with Crippen LogP contribution in [0.5, 0.6) is 0 Å². The van der Waals surface area contributed by atoms with Crippen molar-refractivity contribution in [3.05, 3.63) is 76.2 Å². The lowest BCUT2D eigenvalue weighted by atomic mass is 10.1. The summed E-state index contributed by atoms with van der Waals surface area (Å²) >= 11 is 0. The number of carbonyl (C=O) groups excluding carboxylic acids is 1. The van der Waals surface area contributed by atoms with Gasteiger partial charge in [-0.3, -0.25) is 9.59 Å². The summed E-state index contributed by atoms with van der Waals surface area (Å²) in [6.45, 7) is 2.84. The van der Waals surface area contributed by atoms with Gasteiger partial charge in [-0.15, -0.1) is 0 Å². The smallest absolute Gasteiger partial charge is 0.257 e. The first-order valence-corrected chi connectivity index (χ1v) is 12.4. The van der Waals surface area contributed by atoms with E-state index in [0.717, 1.165) is 19.3 Å². The summed E-state index contributed by atoms with van der Waals surface area (Å²) in [6.07, 6.45) is 3.26. The zero-order valence-corrected chi connectivity index (χ0v) is 19.2. The van der Waals surface area contributed by atoms with E-state index in [4.69, 9.17) is 0 Å². The van der Waals surface area contributed by atoms with Crippen LogP contribution in [0.15, 0.2) is 64.3 Å². The lowest BCUT2D eigenvalue weighted by molar-refractivity contribution is 0.102. The van der Waals surface area contributed by atoms with Gasteiger partial charge in [-0.05, 0) is 43.5 Å². The highest BCUT2D eigenvalue weighted by Crippen LogP contribution is 2.25. The predicted molar refractivity (Wildman–Crippen MR) is 127 cm³/mol. The molecule has 2 N–H and O–H groups in total. The molecule has 1 amide bonds. The molecule has 1 saturated heterocycles. The average molecular weight is 467 g/mol. The molecule has 172 valence electrons. The molecule has 8 nitrogen and oxygen atoms in total. The van der Waals surface area contributed by atoms with Crippen LogP contribution >= 0.6 is 0 Å². The van der Waals surface area contributed by atoms with E-state index in [1.165, 1.54) is 22.5 Å². The molecule has 1 aliphatic heterocycles. The van der Waals surface area contributed by atoms with Gasteiger partial charge in [-0.25, -0.2) is 13.4 Å². The highest BCUT2D eigenvalue weighted by atomic mass is 32.2. The molecule has 0 radical (unpaired) electrons. The molecule has 4 rings (SSSR count). The lowest BCUT2D eigenvalue weighted by Gasteiger charge is -2.26. The van der Waals surface area contributed by atoms with Crippen LogP contribution in [0.3, 0.4) is 0 Å². The van der Waals surface area contributed by atoms with Crippen LogP contribution in [0.4, 0.5) is 5.69 Å². The maximum absolute atomic E-state index is 13.2. The number of sulfonamides is 1. The monoisotopic (exact) mass is 466 g/mol. The zero-order valence-electron chi connectivity index (χ0n) is 18.4. The summed E-state index contributed by atoms with van der Waals surface area (Å²) in [6, 6.07) is 14.6. The summed E-state index contributed by atoms with van der Waals surface area (Å²) < 4.78 is 27.9. The van der Waals surface area contributed by atoms with Crippen LogP contribution in [0.2, 0.25) is 0 Å². The van der Waals surface area contributed by atoms with Crippen molar-refractivity contribution in [2.24, 2.45) is 0 Å². The Labute approximate surface area is 192 Å². The molecule has 9 heteroatoms. The zero-order chi connectivity index (χ0) is 23.4. The minimum Gasteiger partial charge on any atom is -0.322 e. The molecule has 3 aromatic rings.